The maximum Gasteiger partial charge on any atom is 0.181 e. The van der Waals surface area contributed by atoms with Gasteiger partial charge in [-0.15, -0.1) is 5.10 Å². The number of pyridine rings is 1. The Hall–Kier alpha value is -4.14. The van der Waals surface area contributed by atoms with Crippen LogP contribution in [0.5, 0.6) is 0 Å². The first-order valence-electron chi connectivity index (χ1n) is 9.61. The summed E-state index contributed by atoms with van der Waals surface area (Å²) in [5, 5.41) is 18.6. The second kappa shape index (κ2) is 7.36. The molecule has 5 aromatic rings. The maximum absolute atomic E-state index is 4.62. The largest absolute Gasteiger partial charge is 0.329 e. The van der Waals surface area contributed by atoms with E-state index in [1.165, 1.54) is 0 Å². The summed E-state index contributed by atoms with van der Waals surface area (Å²) in [5.74, 6) is 1.55. The second-order valence-corrected chi connectivity index (χ2v) is 6.82. The summed E-state index contributed by atoms with van der Waals surface area (Å²) in [6, 6.07) is 16.0. The number of aryl methyl sites for hydroxylation is 1. The average Bonchev–Trinajstić information content (AvgIpc) is 3.50. The normalized spacial score (nSPS) is 11.1. The second-order valence-electron chi connectivity index (χ2n) is 6.82. The Kier molecular flexibility index (Phi) is 4.40. The quantitative estimate of drug-likeness (QED) is 0.485. The fraction of sp³-hybridized carbons (Fsp3) is 0.143. The van der Waals surface area contributed by atoms with Gasteiger partial charge >= 0.3 is 0 Å². The lowest BCUT2D eigenvalue weighted by Crippen LogP contribution is -2.15. The highest BCUT2D eigenvalue weighted by atomic mass is 15.5. The third kappa shape index (κ3) is 3.06. The number of aromatic amines is 1. The van der Waals surface area contributed by atoms with Crippen molar-refractivity contribution in [2.45, 2.75) is 13.3 Å². The molecule has 0 amide bonds. The van der Waals surface area contributed by atoms with E-state index < -0.39 is 0 Å². The molecule has 0 saturated heterocycles. The van der Waals surface area contributed by atoms with Crippen molar-refractivity contribution in [3.05, 3.63) is 66.6 Å². The summed E-state index contributed by atoms with van der Waals surface area (Å²) in [5.41, 5.74) is 5.54. The lowest BCUT2D eigenvalue weighted by molar-refractivity contribution is 0.881. The molecule has 0 radical (unpaired) electrons. The van der Waals surface area contributed by atoms with Gasteiger partial charge in [0.1, 0.15) is 5.82 Å². The van der Waals surface area contributed by atoms with E-state index in [0.29, 0.717) is 5.82 Å². The molecule has 0 spiro atoms. The number of nitrogens with one attached hydrogen (secondary N) is 1. The summed E-state index contributed by atoms with van der Waals surface area (Å²) in [4.78, 5) is 11.3. The highest BCUT2D eigenvalue weighted by Crippen LogP contribution is 2.31. The molecule has 4 aromatic heterocycles. The molecule has 30 heavy (non-hydrogen) atoms. The number of hydrogen-bond donors (Lipinski definition) is 1. The van der Waals surface area contributed by atoms with Gasteiger partial charge in [0.25, 0.3) is 0 Å². The van der Waals surface area contributed by atoms with Crippen LogP contribution in [0.1, 0.15) is 12.6 Å². The smallest absolute Gasteiger partial charge is 0.181 e. The number of tetrazole rings is 1. The van der Waals surface area contributed by atoms with Crippen molar-refractivity contribution in [3.8, 4) is 22.6 Å². The maximum atomic E-state index is 4.62. The van der Waals surface area contributed by atoms with Crippen molar-refractivity contribution >= 4 is 17.2 Å². The number of nitrogens with zero attached hydrogens (tertiary/aromatic N) is 8. The number of rotatable bonds is 5. The van der Waals surface area contributed by atoms with Crippen LogP contribution >= 0.6 is 0 Å². The van der Waals surface area contributed by atoms with Gasteiger partial charge in [-0.2, -0.15) is 9.61 Å². The molecule has 0 unspecified atom stereocenters. The Morgan fingerprint density at radius 1 is 1.07 bits per heavy atom. The lowest BCUT2D eigenvalue weighted by atomic mass is 10.0. The van der Waals surface area contributed by atoms with Crippen molar-refractivity contribution in [2.24, 2.45) is 0 Å². The SMILES string of the molecule is CCc1cc(N(C)c2ccc(-c3ncccc3-c3nnn[nH]3)cc2)n2nccc2n1. The number of fused-ring (bicyclic) bond motifs is 1. The third-order valence-corrected chi connectivity index (χ3v) is 5.04. The number of benzene rings is 1. The Morgan fingerprint density at radius 2 is 1.93 bits per heavy atom. The molecule has 1 aromatic carbocycles. The standard InChI is InChI=1S/C21H19N9/c1-3-15-13-19(30-18(24-15)10-12-23-30)29(2)16-8-6-14(7-9-16)20-17(5-4-11-22-20)21-25-27-28-26-21/h4-13H,3H2,1-2H3,(H,25,26,27,28). The first kappa shape index (κ1) is 17.9. The monoisotopic (exact) mass is 397 g/mol. The third-order valence-electron chi connectivity index (χ3n) is 5.04. The van der Waals surface area contributed by atoms with Crippen LogP contribution in [0.25, 0.3) is 28.3 Å². The number of hydrogen-bond acceptors (Lipinski definition) is 7. The fourth-order valence-corrected chi connectivity index (χ4v) is 3.44. The molecule has 9 heteroatoms. The highest BCUT2D eigenvalue weighted by Gasteiger charge is 2.14. The summed E-state index contributed by atoms with van der Waals surface area (Å²) >= 11 is 0. The average molecular weight is 397 g/mol. The highest BCUT2D eigenvalue weighted by molar-refractivity contribution is 5.78. The molecular weight excluding hydrogens is 378 g/mol. The van der Waals surface area contributed by atoms with Gasteiger partial charge in [0.05, 0.1) is 11.9 Å². The zero-order chi connectivity index (χ0) is 20.5. The molecule has 0 saturated carbocycles. The molecule has 0 aliphatic heterocycles. The summed E-state index contributed by atoms with van der Waals surface area (Å²) < 4.78 is 1.85. The van der Waals surface area contributed by atoms with Crippen LogP contribution in [0.4, 0.5) is 11.5 Å². The van der Waals surface area contributed by atoms with Gasteiger partial charge in [0.15, 0.2) is 11.5 Å². The van der Waals surface area contributed by atoms with Crippen molar-refractivity contribution in [1.29, 1.82) is 0 Å². The topological polar surface area (TPSA) is 101 Å². The minimum absolute atomic E-state index is 0.587. The molecular formula is C21H19N9. The molecule has 0 aliphatic carbocycles. The molecule has 4 heterocycles. The molecule has 5 rings (SSSR count). The minimum atomic E-state index is 0.587. The van der Waals surface area contributed by atoms with E-state index in [-0.39, 0.29) is 0 Å². The summed E-state index contributed by atoms with van der Waals surface area (Å²) in [6.07, 6.45) is 4.39. The van der Waals surface area contributed by atoms with E-state index in [9.17, 15) is 0 Å². The number of aromatic nitrogens is 8. The van der Waals surface area contributed by atoms with Crippen molar-refractivity contribution < 1.29 is 0 Å². The molecule has 148 valence electrons. The van der Waals surface area contributed by atoms with Crippen molar-refractivity contribution in [3.63, 3.8) is 0 Å². The molecule has 0 aliphatic rings. The fourth-order valence-electron chi connectivity index (χ4n) is 3.44. The minimum Gasteiger partial charge on any atom is -0.329 e. The lowest BCUT2D eigenvalue weighted by Gasteiger charge is -2.21. The van der Waals surface area contributed by atoms with Gasteiger partial charge in [0, 0.05) is 47.9 Å². The predicted octanol–water partition coefficient (Wildman–Crippen LogP) is 3.30. The summed E-state index contributed by atoms with van der Waals surface area (Å²) in [7, 11) is 2.03. The summed E-state index contributed by atoms with van der Waals surface area (Å²) in [6.45, 7) is 2.10. The Morgan fingerprint density at radius 3 is 2.70 bits per heavy atom. The molecule has 9 nitrogen and oxygen atoms in total. The van der Waals surface area contributed by atoms with E-state index in [1.54, 1.807) is 12.4 Å². The molecule has 0 atom stereocenters. The van der Waals surface area contributed by atoms with Crippen LogP contribution in [0.15, 0.2) is 60.9 Å². The van der Waals surface area contributed by atoms with Crippen LogP contribution in [-0.2, 0) is 6.42 Å². The first-order chi connectivity index (χ1) is 14.7. The van der Waals surface area contributed by atoms with Crippen LogP contribution in [-0.4, -0.2) is 47.3 Å². The molecule has 0 bridgehead atoms. The van der Waals surface area contributed by atoms with Crippen LogP contribution in [0, 0.1) is 0 Å². The van der Waals surface area contributed by atoms with Crippen LogP contribution in [0.2, 0.25) is 0 Å². The van der Waals surface area contributed by atoms with Gasteiger partial charge in [-0.05, 0) is 41.1 Å². The molecule has 1 N–H and O–H groups in total. The Balaban J connectivity index is 1.52. The Labute approximate surface area is 172 Å². The number of H-pyrrole nitrogens is 1. The Bertz CT molecular complexity index is 1290. The van der Waals surface area contributed by atoms with E-state index in [2.05, 4.69) is 65.7 Å². The van der Waals surface area contributed by atoms with E-state index in [1.807, 2.05) is 41.9 Å². The predicted molar refractivity (Wildman–Crippen MR) is 113 cm³/mol. The van der Waals surface area contributed by atoms with Crippen molar-refractivity contribution in [2.75, 3.05) is 11.9 Å². The zero-order valence-corrected chi connectivity index (χ0v) is 16.6. The van der Waals surface area contributed by atoms with Crippen molar-refractivity contribution in [1.82, 2.24) is 40.2 Å². The zero-order valence-electron chi connectivity index (χ0n) is 16.6. The van der Waals surface area contributed by atoms with Crippen LogP contribution in [0.3, 0.4) is 0 Å². The number of anilines is 2. The van der Waals surface area contributed by atoms with E-state index in [0.717, 1.165) is 46.1 Å². The van der Waals surface area contributed by atoms with Gasteiger partial charge in [0.2, 0.25) is 0 Å². The molecule has 0 fully saturated rings. The van der Waals surface area contributed by atoms with E-state index in [4.69, 9.17) is 0 Å². The van der Waals surface area contributed by atoms with Gasteiger partial charge < -0.3 is 4.90 Å². The van der Waals surface area contributed by atoms with E-state index >= 15 is 0 Å². The van der Waals surface area contributed by atoms with Gasteiger partial charge in [-0.1, -0.05) is 19.1 Å². The van der Waals surface area contributed by atoms with Crippen LogP contribution < -0.4 is 4.90 Å². The first-order valence-corrected chi connectivity index (χ1v) is 9.61. The van der Waals surface area contributed by atoms with Gasteiger partial charge in [-0.25, -0.2) is 10.1 Å². The van der Waals surface area contributed by atoms with Gasteiger partial charge in [-0.3, -0.25) is 4.98 Å².